The molecule has 0 aliphatic rings. The van der Waals surface area contributed by atoms with E-state index in [1.165, 1.54) is 23.1 Å². The van der Waals surface area contributed by atoms with Crippen LogP contribution in [-0.2, 0) is 9.53 Å². The van der Waals surface area contributed by atoms with Crippen molar-refractivity contribution in [2.45, 2.75) is 0 Å². The number of amides is 2. The van der Waals surface area contributed by atoms with Gasteiger partial charge in [0.25, 0.3) is 11.8 Å². The summed E-state index contributed by atoms with van der Waals surface area (Å²) in [5, 5.41) is 3.11. The Morgan fingerprint density at radius 2 is 1.58 bits per heavy atom. The largest absolute Gasteiger partial charge is 0.452 e. The fraction of sp³-hybridized carbons (Fsp3) is 0.167. The van der Waals surface area contributed by atoms with E-state index < -0.39 is 18.5 Å². The summed E-state index contributed by atoms with van der Waals surface area (Å²) in [5.74, 6) is -1.34. The number of benzene rings is 2. The number of nitrogens with one attached hydrogen (secondary N) is 1. The zero-order valence-electron chi connectivity index (χ0n) is 14.1. The van der Waals surface area contributed by atoms with Gasteiger partial charge in [-0.3, -0.25) is 9.59 Å². The van der Waals surface area contributed by atoms with E-state index in [1.807, 2.05) is 0 Å². The van der Waals surface area contributed by atoms with Gasteiger partial charge in [0.05, 0.1) is 15.6 Å². The average Bonchev–Trinajstić information content (AvgIpc) is 2.62. The summed E-state index contributed by atoms with van der Waals surface area (Å²) < 4.78 is 4.94. The molecule has 26 heavy (non-hydrogen) atoms. The minimum Gasteiger partial charge on any atom is -0.452 e. The van der Waals surface area contributed by atoms with Crippen LogP contribution in [0.4, 0.5) is 5.69 Å². The summed E-state index contributed by atoms with van der Waals surface area (Å²) in [6.07, 6.45) is 0. The predicted octanol–water partition coefficient (Wildman–Crippen LogP) is 3.49. The second-order valence-electron chi connectivity index (χ2n) is 5.53. The summed E-state index contributed by atoms with van der Waals surface area (Å²) in [5.41, 5.74) is 1.17. The molecule has 2 aromatic rings. The molecule has 136 valence electrons. The van der Waals surface area contributed by atoms with Crippen molar-refractivity contribution in [3.8, 4) is 0 Å². The second-order valence-corrected chi connectivity index (χ2v) is 6.34. The van der Waals surface area contributed by atoms with Crippen molar-refractivity contribution in [1.29, 1.82) is 0 Å². The highest BCUT2D eigenvalue weighted by Crippen LogP contribution is 2.22. The molecule has 0 radical (unpaired) electrons. The van der Waals surface area contributed by atoms with Crippen molar-refractivity contribution in [2.75, 3.05) is 26.0 Å². The van der Waals surface area contributed by atoms with Crippen molar-refractivity contribution in [3.63, 3.8) is 0 Å². The average molecular weight is 395 g/mol. The van der Waals surface area contributed by atoms with Crippen LogP contribution in [0, 0.1) is 0 Å². The first kappa shape index (κ1) is 19.8. The Balaban J connectivity index is 1.89. The van der Waals surface area contributed by atoms with Crippen LogP contribution in [0.25, 0.3) is 0 Å². The highest BCUT2D eigenvalue weighted by atomic mass is 35.5. The molecule has 0 aromatic heterocycles. The highest BCUT2D eigenvalue weighted by molar-refractivity contribution is 6.42. The minimum atomic E-state index is -0.689. The molecule has 0 saturated heterocycles. The molecule has 0 bridgehead atoms. The Hall–Kier alpha value is -2.57. The van der Waals surface area contributed by atoms with Gasteiger partial charge in [-0.2, -0.15) is 0 Å². The summed E-state index contributed by atoms with van der Waals surface area (Å²) >= 11 is 11.6. The molecular weight excluding hydrogens is 379 g/mol. The number of carbonyl (C=O) groups is 3. The van der Waals surface area contributed by atoms with Gasteiger partial charge in [0, 0.05) is 25.3 Å². The number of ether oxygens (including phenoxy) is 1. The Kier molecular flexibility index (Phi) is 6.60. The van der Waals surface area contributed by atoms with Crippen molar-refractivity contribution >= 4 is 46.7 Å². The Morgan fingerprint density at radius 3 is 2.15 bits per heavy atom. The van der Waals surface area contributed by atoms with E-state index in [0.29, 0.717) is 16.3 Å². The molecule has 2 aromatic carbocycles. The zero-order valence-corrected chi connectivity index (χ0v) is 15.6. The van der Waals surface area contributed by atoms with Gasteiger partial charge >= 0.3 is 5.97 Å². The first-order valence-corrected chi connectivity index (χ1v) is 8.27. The molecule has 2 amide bonds. The number of hydrogen-bond acceptors (Lipinski definition) is 4. The molecule has 0 aliphatic carbocycles. The molecule has 0 spiro atoms. The second kappa shape index (κ2) is 8.69. The maximum Gasteiger partial charge on any atom is 0.338 e. The predicted molar refractivity (Wildman–Crippen MR) is 99.8 cm³/mol. The maximum atomic E-state index is 11.9. The van der Waals surface area contributed by atoms with Crippen LogP contribution in [-0.4, -0.2) is 43.4 Å². The molecule has 0 saturated carbocycles. The van der Waals surface area contributed by atoms with Gasteiger partial charge in [-0.1, -0.05) is 23.2 Å². The van der Waals surface area contributed by atoms with Crippen LogP contribution in [0.15, 0.2) is 42.5 Å². The maximum absolute atomic E-state index is 11.9. The topological polar surface area (TPSA) is 75.7 Å². The van der Waals surface area contributed by atoms with Gasteiger partial charge in [0.2, 0.25) is 0 Å². The third-order valence-electron chi connectivity index (χ3n) is 3.31. The van der Waals surface area contributed by atoms with E-state index in [0.717, 1.165) is 0 Å². The Bertz CT molecular complexity index is 836. The molecule has 6 nitrogen and oxygen atoms in total. The normalized spacial score (nSPS) is 10.2. The number of nitrogens with zero attached hydrogens (tertiary/aromatic N) is 1. The van der Waals surface area contributed by atoms with Gasteiger partial charge in [0.1, 0.15) is 0 Å². The summed E-state index contributed by atoms with van der Waals surface area (Å²) in [6, 6.07) is 10.7. The number of anilines is 1. The highest BCUT2D eigenvalue weighted by Gasteiger charge is 2.13. The molecule has 0 fully saturated rings. The monoisotopic (exact) mass is 394 g/mol. The molecule has 2 rings (SSSR count). The van der Waals surface area contributed by atoms with E-state index in [-0.39, 0.29) is 16.5 Å². The van der Waals surface area contributed by atoms with Crippen LogP contribution >= 0.6 is 23.2 Å². The summed E-state index contributed by atoms with van der Waals surface area (Å²) in [7, 11) is 3.31. The lowest BCUT2D eigenvalue weighted by molar-refractivity contribution is -0.119. The lowest BCUT2D eigenvalue weighted by Gasteiger charge is -2.11. The van der Waals surface area contributed by atoms with Crippen molar-refractivity contribution in [3.05, 3.63) is 63.6 Å². The van der Waals surface area contributed by atoms with Gasteiger partial charge in [-0.05, 0) is 42.5 Å². The van der Waals surface area contributed by atoms with Crippen LogP contribution in [0.3, 0.4) is 0 Å². The number of rotatable bonds is 5. The Labute approximate surface area is 160 Å². The van der Waals surface area contributed by atoms with Gasteiger partial charge < -0.3 is 15.0 Å². The summed E-state index contributed by atoms with van der Waals surface area (Å²) in [6.45, 7) is -0.461. The van der Waals surface area contributed by atoms with Crippen LogP contribution in [0.1, 0.15) is 20.7 Å². The molecule has 0 aliphatic heterocycles. The van der Waals surface area contributed by atoms with E-state index >= 15 is 0 Å². The van der Waals surface area contributed by atoms with Gasteiger partial charge in [0.15, 0.2) is 6.61 Å². The first-order chi connectivity index (χ1) is 12.3. The van der Waals surface area contributed by atoms with E-state index in [9.17, 15) is 14.4 Å². The zero-order chi connectivity index (χ0) is 19.3. The first-order valence-electron chi connectivity index (χ1n) is 7.51. The van der Waals surface area contributed by atoms with Crippen molar-refractivity contribution < 1.29 is 19.1 Å². The van der Waals surface area contributed by atoms with Crippen LogP contribution in [0.5, 0.6) is 0 Å². The fourth-order valence-corrected chi connectivity index (χ4v) is 2.29. The molecule has 0 unspecified atom stereocenters. The van der Waals surface area contributed by atoms with Crippen molar-refractivity contribution in [2.24, 2.45) is 0 Å². The Morgan fingerprint density at radius 1 is 0.962 bits per heavy atom. The molecule has 0 atom stereocenters. The van der Waals surface area contributed by atoms with Gasteiger partial charge in [-0.25, -0.2) is 4.79 Å². The van der Waals surface area contributed by atoms with E-state index in [4.69, 9.17) is 27.9 Å². The fourth-order valence-electron chi connectivity index (χ4n) is 1.99. The van der Waals surface area contributed by atoms with E-state index in [2.05, 4.69) is 5.32 Å². The lowest BCUT2D eigenvalue weighted by atomic mass is 10.2. The number of esters is 1. The summed E-state index contributed by atoms with van der Waals surface area (Å²) in [4.78, 5) is 37.0. The smallest absolute Gasteiger partial charge is 0.338 e. The number of hydrogen-bond donors (Lipinski definition) is 1. The van der Waals surface area contributed by atoms with Crippen LogP contribution in [0.2, 0.25) is 10.0 Å². The minimum absolute atomic E-state index is 0.140. The SMILES string of the molecule is CN(C)C(=O)c1ccc(NC(=O)COC(=O)c2ccc(Cl)c(Cl)c2)cc1. The quantitative estimate of drug-likeness (QED) is 0.787. The van der Waals surface area contributed by atoms with Gasteiger partial charge in [-0.15, -0.1) is 0 Å². The molecule has 1 N–H and O–H groups in total. The molecular formula is C18H16Cl2N2O4. The third-order valence-corrected chi connectivity index (χ3v) is 4.05. The van der Waals surface area contributed by atoms with Crippen LogP contribution < -0.4 is 5.32 Å². The number of halogens is 2. The lowest BCUT2D eigenvalue weighted by Crippen LogP contribution is -2.22. The third kappa shape index (κ3) is 5.21. The molecule has 8 heteroatoms. The van der Waals surface area contributed by atoms with E-state index in [1.54, 1.807) is 38.4 Å². The standard InChI is InChI=1S/C18H16Cl2N2O4/c1-22(2)17(24)11-3-6-13(7-4-11)21-16(23)10-26-18(25)12-5-8-14(19)15(20)9-12/h3-9H,10H2,1-2H3,(H,21,23). The molecule has 0 heterocycles. The number of carbonyl (C=O) groups excluding carboxylic acids is 3. The van der Waals surface area contributed by atoms with Crippen molar-refractivity contribution in [1.82, 2.24) is 4.90 Å².